The van der Waals surface area contributed by atoms with Crippen LogP contribution in [0, 0.1) is 23.5 Å². The lowest BCUT2D eigenvalue weighted by atomic mass is 9.81. The van der Waals surface area contributed by atoms with E-state index in [4.69, 9.17) is 20.2 Å². The molecule has 2 aromatic carbocycles. The fraction of sp³-hybridized carbons (Fsp3) is 0.440. The highest BCUT2D eigenvalue weighted by atomic mass is 79.9. The van der Waals surface area contributed by atoms with Crippen LogP contribution in [0.5, 0.6) is 0 Å². The van der Waals surface area contributed by atoms with E-state index in [0.29, 0.717) is 42.7 Å². The van der Waals surface area contributed by atoms with Gasteiger partial charge < -0.3 is 15.2 Å². The lowest BCUT2D eigenvalue weighted by Gasteiger charge is -2.34. The van der Waals surface area contributed by atoms with Crippen LogP contribution in [0.4, 0.5) is 8.78 Å². The first-order valence-corrected chi connectivity index (χ1v) is 15.0. The quantitative estimate of drug-likeness (QED) is 0.423. The molecule has 4 aliphatic heterocycles. The first-order chi connectivity index (χ1) is 17.2. The van der Waals surface area contributed by atoms with E-state index in [1.54, 1.807) is 30.0 Å². The molecule has 4 aliphatic rings. The van der Waals surface area contributed by atoms with Crippen molar-refractivity contribution < 1.29 is 18.3 Å². The SMILES string of the molecule is CC1=N[C@@]2(c3cc(Br)ccc3F)COC[C@H]2CS1.NC1=N[C@]2(c3cc(Br)ccc3F)COC[C@@H]2CS1. The van der Waals surface area contributed by atoms with Crippen LogP contribution in [0.1, 0.15) is 18.1 Å². The van der Waals surface area contributed by atoms with Gasteiger partial charge in [0.1, 0.15) is 22.7 Å². The molecule has 2 fully saturated rings. The van der Waals surface area contributed by atoms with Gasteiger partial charge in [-0.15, -0.1) is 11.8 Å². The molecule has 2 saturated heterocycles. The molecule has 11 heteroatoms. The van der Waals surface area contributed by atoms with Gasteiger partial charge in [0.25, 0.3) is 0 Å². The molecule has 0 unspecified atom stereocenters. The third kappa shape index (κ3) is 4.91. The molecule has 192 valence electrons. The average Bonchev–Trinajstić information content (AvgIpc) is 3.47. The summed E-state index contributed by atoms with van der Waals surface area (Å²) in [4.78, 5) is 9.26. The van der Waals surface area contributed by atoms with Crippen LogP contribution in [-0.2, 0) is 20.6 Å². The molecule has 0 aliphatic carbocycles. The number of rotatable bonds is 2. The summed E-state index contributed by atoms with van der Waals surface area (Å²) in [5.74, 6) is 1.76. The summed E-state index contributed by atoms with van der Waals surface area (Å²) in [7, 11) is 0. The number of amidine groups is 1. The minimum absolute atomic E-state index is 0.179. The molecule has 36 heavy (non-hydrogen) atoms. The summed E-state index contributed by atoms with van der Waals surface area (Å²) in [5, 5.41) is 1.52. The summed E-state index contributed by atoms with van der Waals surface area (Å²) in [6, 6.07) is 9.97. The van der Waals surface area contributed by atoms with Crippen LogP contribution in [0.25, 0.3) is 0 Å². The van der Waals surface area contributed by atoms with Crippen molar-refractivity contribution in [1.82, 2.24) is 0 Å². The van der Waals surface area contributed by atoms with E-state index in [1.165, 1.54) is 23.9 Å². The van der Waals surface area contributed by atoms with Crippen LogP contribution in [0.2, 0.25) is 0 Å². The average molecular weight is 661 g/mol. The zero-order valence-electron chi connectivity index (χ0n) is 19.5. The molecule has 0 aromatic heterocycles. The molecule has 0 saturated carbocycles. The number of hydrogen-bond acceptors (Lipinski definition) is 7. The minimum Gasteiger partial charge on any atom is -0.379 e. The highest BCUT2D eigenvalue weighted by Crippen LogP contribution is 2.47. The van der Waals surface area contributed by atoms with Gasteiger partial charge in [-0.05, 0) is 43.3 Å². The Hall–Kier alpha value is -0.980. The highest BCUT2D eigenvalue weighted by Gasteiger charge is 2.50. The number of aliphatic imine (C=N–C) groups is 2. The van der Waals surface area contributed by atoms with E-state index in [-0.39, 0.29) is 23.5 Å². The fourth-order valence-corrected chi connectivity index (χ4v) is 7.90. The molecule has 4 atom stereocenters. The van der Waals surface area contributed by atoms with Gasteiger partial charge in [-0.25, -0.2) is 13.8 Å². The lowest BCUT2D eigenvalue weighted by molar-refractivity contribution is 0.176. The van der Waals surface area contributed by atoms with Gasteiger partial charge in [-0.2, -0.15) is 0 Å². The van der Waals surface area contributed by atoms with Crippen molar-refractivity contribution in [2.45, 2.75) is 18.0 Å². The number of nitrogens with two attached hydrogens (primary N) is 1. The maximum atomic E-state index is 14.2. The van der Waals surface area contributed by atoms with E-state index in [2.05, 4.69) is 36.9 Å². The first kappa shape index (κ1) is 26.6. The molecule has 2 aromatic rings. The first-order valence-electron chi connectivity index (χ1n) is 11.5. The van der Waals surface area contributed by atoms with Crippen LogP contribution >= 0.6 is 55.4 Å². The Labute approximate surface area is 234 Å². The third-order valence-corrected chi connectivity index (χ3v) is 10.0. The molecule has 5 nitrogen and oxygen atoms in total. The monoisotopic (exact) mass is 659 g/mol. The molecule has 0 spiro atoms. The number of benzene rings is 2. The van der Waals surface area contributed by atoms with E-state index < -0.39 is 11.1 Å². The zero-order chi connectivity index (χ0) is 25.5. The summed E-state index contributed by atoms with van der Waals surface area (Å²) >= 11 is 10.0. The Morgan fingerprint density at radius 1 is 0.861 bits per heavy atom. The standard InChI is InChI=1S/C13H13BrFNOS.C12H12BrFN2OS/c1-8-16-13(7-17-5-9(13)6-18-8)11-4-10(14)2-3-12(11)15;13-8-1-2-10(14)9(3-8)12-6-17-4-7(12)5-18-11(15)16-12/h2-4,9H,5-7H2,1H3;1-3,7H,4-6H2,(H2,15,16)/t9-,13-;7-,12-/m01/s1. The Balaban J connectivity index is 0.000000148. The second-order valence-electron chi connectivity index (χ2n) is 9.22. The van der Waals surface area contributed by atoms with Gasteiger partial charge >= 0.3 is 0 Å². The van der Waals surface area contributed by atoms with Crippen molar-refractivity contribution in [2.24, 2.45) is 27.6 Å². The Morgan fingerprint density at radius 3 is 1.92 bits per heavy atom. The van der Waals surface area contributed by atoms with Crippen LogP contribution in [0.15, 0.2) is 55.3 Å². The van der Waals surface area contributed by atoms with Crippen molar-refractivity contribution in [3.05, 3.63) is 68.1 Å². The molecule has 0 radical (unpaired) electrons. The summed E-state index contributed by atoms with van der Waals surface area (Å²) in [6.45, 7) is 4.12. The summed E-state index contributed by atoms with van der Waals surface area (Å²) in [5.41, 5.74) is 5.87. The van der Waals surface area contributed by atoms with Gasteiger partial charge in [0, 0.05) is 43.4 Å². The number of nitrogens with zero attached hydrogens (tertiary/aromatic N) is 2. The molecule has 0 amide bonds. The van der Waals surface area contributed by atoms with Crippen LogP contribution in [0.3, 0.4) is 0 Å². The van der Waals surface area contributed by atoms with Gasteiger partial charge in [-0.3, -0.25) is 4.99 Å². The highest BCUT2D eigenvalue weighted by molar-refractivity contribution is 9.10. The normalized spacial score (nSPS) is 31.0. The van der Waals surface area contributed by atoms with Gasteiger partial charge in [0.2, 0.25) is 0 Å². The zero-order valence-corrected chi connectivity index (χ0v) is 24.3. The van der Waals surface area contributed by atoms with E-state index in [0.717, 1.165) is 25.5 Å². The molecule has 4 heterocycles. The Morgan fingerprint density at radius 2 is 1.36 bits per heavy atom. The number of halogens is 4. The fourth-order valence-electron chi connectivity index (χ4n) is 5.17. The van der Waals surface area contributed by atoms with Crippen LogP contribution < -0.4 is 5.73 Å². The second kappa shape index (κ2) is 10.6. The van der Waals surface area contributed by atoms with Crippen LogP contribution in [-0.4, -0.2) is 48.1 Å². The van der Waals surface area contributed by atoms with Gasteiger partial charge in [0.05, 0.1) is 31.5 Å². The minimum atomic E-state index is -0.650. The Bertz CT molecular complexity index is 1140. The maximum absolute atomic E-state index is 14.2. The molecule has 6 rings (SSSR count). The summed E-state index contributed by atoms with van der Waals surface area (Å²) < 4.78 is 41.1. The smallest absolute Gasteiger partial charge is 0.154 e. The predicted molar refractivity (Wildman–Crippen MR) is 150 cm³/mol. The second-order valence-corrected chi connectivity index (χ2v) is 13.3. The van der Waals surface area contributed by atoms with E-state index in [1.807, 2.05) is 13.0 Å². The Kier molecular flexibility index (Phi) is 7.87. The number of thioether (sulfide) groups is 2. The molecular formula is C25H25Br2F2N3O2S2. The number of fused-ring (bicyclic) bond motifs is 2. The van der Waals surface area contributed by atoms with Crippen molar-refractivity contribution in [3.63, 3.8) is 0 Å². The molecule has 2 N–H and O–H groups in total. The predicted octanol–water partition coefficient (Wildman–Crippen LogP) is 6.09. The van der Waals surface area contributed by atoms with Gasteiger partial charge in [0.15, 0.2) is 5.17 Å². The van der Waals surface area contributed by atoms with Crippen molar-refractivity contribution in [2.75, 3.05) is 37.9 Å². The number of hydrogen-bond donors (Lipinski definition) is 1. The van der Waals surface area contributed by atoms with E-state index in [9.17, 15) is 8.78 Å². The van der Waals surface area contributed by atoms with Crippen molar-refractivity contribution in [1.29, 1.82) is 0 Å². The molecule has 0 bridgehead atoms. The largest absolute Gasteiger partial charge is 0.379 e. The lowest BCUT2D eigenvalue weighted by Crippen LogP contribution is -2.40. The maximum Gasteiger partial charge on any atom is 0.154 e. The third-order valence-electron chi connectivity index (χ3n) is 7.02. The van der Waals surface area contributed by atoms with Gasteiger partial charge in [-0.1, -0.05) is 43.6 Å². The summed E-state index contributed by atoms with van der Waals surface area (Å²) in [6.07, 6.45) is 0. The van der Waals surface area contributed by atoms with E-state index >= 15 is 0 Å². The molecular weight excluding hydrogens is 636 g/mol. The van der Waals surface area contributed by atoms with Crippen molar-refractivity contribution >= 4 is 65.6 Å². The number of ether oxygens (including phenoxy) is 2. The topological polar surface area (TPSA) is 69.2 Å². The van der Waals surface area contributed by atoms with Crippen molar-refractivity contribution in [3.8, 4) is 0 Å².